The monoisotopic (exact) mass is 279 g/mol. The van der Waals surface area contributed by atoms with Crippen molar-refractivity contribution in [3.05, 3.63) is 29.8 Å². The predicted octanol–water partition coefficient (Wildman–Crippen LogP) is 1.60. The third kappa shape index (κ3) is 4.93. The summed E-state index contributed by atoms with van der Waals surface area (Å²) in [5, 5.41) is 11.5. The SMILES string of the molecule is CCOc1ccc(/C=C/C(=O)NC(C)CO)cc1OC. The van der Waals surface area contributed by atoms with Crippen LogP contribution in [-0.4, -0.2) is 37.4 Å². The van der Waals surface area contributed by atoms with Crippen molar-refractivity contribution in [3.63, 3.8) is 0 Å². The number of methoxy groups -OCH3 is 1. The molecule has 0 radical (unpaired) electrons. The van der Waals surface area contributed by atoms with E-state index in [0.29, 0.717) is 18.1 Å². The molecule has 0 fully saturated rings. The highest BCUT2D eigenvalue weighted by atomic mass is 16.5. The lowest BCUT2D eigenvalue weighted by Gasteiger charge is -2.10. The molecule has 1 amide bonds. The van der Waals surface area contributed by atoms with Crippen LogP contribution in [-0.2, 0) is 4.79 Å². The van der Waals surface area contributed by atoms with E-state index >= 15 is 0 Å². The summed E-state index contributed by atoms with van der Waals surface area (Å²) >= 11 is 0. The van der Waals surface area contributed by atoms with Crippen LogP contribution in [0.2, 0.25) is 0 Å². The number of ether oxygens (including phenoxy) is 2. The Hall–Kier alpha value is -2.01. The van der Waals surface area contributed by atoms with Gasteiger partial charge in [0.1, 0.15) is 0 Å². The average molecular weight is 279 g/mol. The maximum atomic E-state index is 11.5. The van der Waals surface area contributed by atoms with E-state index in [9.17, 15) is 4.79 Å². The van der Waals surface area contributed by atoms with E-state index in [4.69, 9.17) is 14.6 Å². The van der Waals surface area contributed by atoms with Crippen LogP contribution in [0.1, 0.15) is 19.4 Å². The Balaban J connectivity index is 2.75. The second-order valence-electron chi connectivity index (χ2n) is 4.27. The number of amides is 1. The predicted molar refractivity (Wildman–Crippen MR) is 77.9 cm³/mol. The highest BCUT2D eigenvalue weighted by Gasteiger charge is 2.05. The Bertz CT molecular complexity index is 471. The zero-order chi connectivity index (χ0) is 15.0. The lowest BCUT2D eigenvalue weighted by molar-refractivity contribution is -0.117. The van der Waals surface area contributed by atoms with Crippen molar-refractivity contribution in [1.82, 2.24) is 5.32 Å². The standard InChI is InChI=1S/C15H21NO4/c1-4-20-13-7-5-12(9-14(13)19-3)6-8-15(18)16-11(2)10-17/h5-9,11,17H,4,10H2,1-3H3,(H,16,18)/b8-6+. The summed E-state index contributed by atoms with van der Waals surface area (Å²) < 4.78 is 10.7. The number of hydrogen-bond donors (Lipinski definition) is 2. The minimum absolute atomic E-state index is 0.0868. The van der Waals surface area contributed by atoms with Crippen LogP contribution in [0.3, 0.4) is 0 Å². The third-order valence-electron chi connectivity index (χ3n) is 2.58. The lowest BCUT2D eigenvalue weighted by Crippen LogP contribution is -2.33. The summed E-state index contributed by atoms with van der Waals surface area (Å²) in [6, 6.07) is 5.18. The molecule has 0 spiro atoms. The summed E-state index contributed by atoms with van der Waals surface area (Å²) in [6.07, 6.45) is 3.10. The Morgan fingerprint density at radius 1 is 1.45 bits per heavy atom. The summed E-state index contributed by atoms with van der Waals surface area (Å²) in [7, 11) is 1.57. The molecule has 1 unspecified atom stereocenters. The number of nitrogens with one attached hydrogen (secondary N) is 1. The van der Waals surface area contributed by atoms with Gasteiger partial charge in [-0.1, -0.05) is 6.07 Å². The second kappa shape index (κ2) is 8.22. The van der Waals surface area contributed by atoms with Crippen LogP contribution in [0.4, 0.5) is 0 Å². The molecule has 5 heteroatoms. The number of aliphatic hydroxyl groups is 1. The molecule has 0 saturated heterocycles. The van der Waals surface area contributed by atoms with Gasteiger partial charge in [-0.15, -0.1) is 0 Å². The largest absolute Gasteiger partial charge is 0.493 e. The van der Waals surface area contributed by atoms with Gasteiger partial charge in [0.2, 0.25) is 5.91 Å². The molecule has 0 aliphatic heterocycles. The van der Waals surface area contributed by atoms with E-state index < -0.39 is 0 Å². The number of hydrogen-bond acceptors (Lipinski definition) is 4. The molecule has 20 heavy (non-hydrogen) atoms. The smallest absolute Gasteiger partial charge is 0.244 e. The van der Waals surface area contributed by atoms with Crippen LogP contribution >= 0.6 is 0 Å². The number of benzene rings is 1. The normalized spacial score (nSPS) is 12.2. The molecule has 1 aromatic carbocycles. The van der Waals surface area contributed by atoms with Gasteiger partial charge < -0.3 is 19.9 Å². The van der Waals surface area contributed by atoms with E-state index in [1.807, 2.05) is 13.0 Å². The molecule has 0 aliphatic carbocycles. The van der Waals surface area contributed by atoms with Crippen LogP contribution in [0.5, 0.6) is 11.5 Å². The zero-order valence-electron chi connectivity index (χ0n) is 12.1. The third-order valence-corrected chi connectivity index (χ3v) is 2.58. The summed E-state index contributed by atoms with van der Waals surface area (Å²) in [6.45, 7) is 4.11. The molecule has 1 atom stereocenters. The molecule has 110 valence electrons. The van der Waals surface area contributed by atoms with Crippen LogP contribution in [0, 0.1) is 0 Å². The molecule has 1 aromatic rings. The maximum absolute atomic E-state index is 11.5. The van der Waals surface area contributed by atoms with Crippen molar-refractivity contribution in [1.29, 1.82) is 0 Å². The van der Waals surface area contributed by atoms with Gasteiger partial charge in [-0.25, -0.2) is 0 Å². The van der Waals surface area contributed by atoms with Crippen molar-refractivity contribution in [2.75, 3.05) is 20.3 Å². The number of carbonyl (C=O) groups excluding carboxylic acids is 1. The van der Waals surface area contributed by atoms with E-state index in [1.54, 1.807) is 32.2 Å². The molecular weight excluding hydrogens is 258 g/mol. The molecule has 2 N–H and O–H groups in total. The Morgan fingerprint density at radius 2 is 2.20 bits per heavy atom. The topological polar surface area (TPSA) is 67.8 Å². The summed E-state index contributed by atoms with van der Waals surface area (Å²) in [5.74, 6) is 1.04. The molecule has 0 aliphatic rings. The first kappa shape index (κ1) is 16.0. The number of aliphatic hydroxyl groups excluding tert-OH is 1. The van der Waals surface area contributed by atoms with Crippen molar-refractivity contribution in [2.24, 2.45) is 0 Å². The summed E-state index contributed by atoms with van der Waals surface area (Å²) in [5.41, 5.74) is 0.831. The van der Waals surface area contributed by atoms with E-state index in [2.05, 4.69) is 5.32 Å². The quantitative estimate of drug-likeness (QED) is 0.744. The molecule has 0 saturated carbocycles. The fraction of sp³-hybridized carbons (Fsp3) is 0.400. The van der Waals surface area contributed by atoms with Crippen molar-refractivity contribution < 1.29 is 19.4 Å². The Kier molecular flexibility index (Phi) is 6.59. The lowest BCUT2D eigenvalue weighted by atomic mass is 10.2. The van der Waals surface area contributed by atoms with E-state index in [-0.39, 0.29) is 18.6 Å². The fourth-order valence-corrected chi connectivity index (χ4v) is 1.57. The van der Waals surface area contributed by atoms with Crippen LogP contribution in [0.15, 0.2) is 24.3 Å². The highest BCUT2D eigenvalue weighted by Crippen LogP contribution is 2.28. The molecule has 0 bridgehead atoms. The number of carbonyl (C=O) groups is 1. The average Bonchev–Trinajstić information content (AvgIpc) is 2.46. The molecular formula is C15H21NO4. The molecule has 1 rings (SSSR count). The first-order chi connectivity index (χ1) is 9.60. The first-order valence-electron chi connectivity index (χ1n) is 6.51. The van der Waals surface area contributed by atoms with Crippen LogP contribution < -0.4 is 14.8 Å². The van der Waals surface area contributed by atoms with Crippen molar-refractivity contribution in [2.45, 2.75) is 19.9 Å². The Morgan fingerprint density at radius 3 is 2.80 bits per heavy atom. The number of rotatable bonds is 7. The zero-order valence-corrected chi connectivity index (χ0v) is 12.1. The summed E-state index contributed by atoms with van der Waals surface area (Å²) in [4.78, 5) is 11.5. The minimum Gasteiger partial charge on any atom is -0.493 e. The van der Waals surface area contributed by atoms with Gasteiger partial charge >= 0.3 is 0 Å². The van der Waals surface area contributed by atoms with Gasteiger partial charge in [0.05, 0.1) is 20.3 Å². The van der Waals surface area contributed by atoms with E-state index in [0.717, 1.165) is 5.56 Å². The molecule has 0 aromatic heterocycles. The van der Waals surface area contributed by atoms with Gasteiger partial charge in [-0.2, -0.15) is 0 Å². The van der Waals surface area contributed by atoms with E-state index in [1.165, 1.54) is 6.08 Å². The highest BCUT2D eigenvalue weighted by molar-refractivity contribution is 5.92. The maximum Gasteiger partial charge on any atom is 0.244 e. The van der Waals surface area contributed by atoms with Gasteiger partial charge in [-0.3, -0.25) is 4.79 Å². The van der Waals surface area contributed by atoms with Gasteiger partial charge in [0, 0.05) is 12.1 Å². The molecule has 5 nitrogen and oxygen atoms in total. The van der Waals surface area contributed by atoms with Gasteiger partial charge in [-0.05, 0) is 37.6 Å². The van der Waals surface area contributed by atoms with Gasteiger partial charge in [0.25, 0.3) is 0 Å². The molecule has 0 heterocycles. The van der Waals surface area contributed by atoms with Gasteiger partial charge in [0.15, 0.2) is 11.5 Å². The second-order valence-corrected chi connectivity index (χ2v) is 4.27. The van der Waals surface area contributed by atoms with Crippen molar-refractivity contribution >= 4 is 12.0 Å². The Labute approximate surface area is 119 Å². The van der Waals surface area contributed by atoms with Crippen LogP contribution in [0.25, 0.3) is 6.08 Å². The minimum atomic E-state index is -0.262. The van der Waals surface area contributed by atoms with Crippen molar-refractivity contribution in [3.8, 4) is 11.5 Å². The first-order valence-corrected chi connectivity index (χ1v) is 6.51. The fourth-order valence-electron chi connectivity index (χ4n) is 1.57.